The molecule has 0 saturated carbocycles. The van der Waals surface area contributed by atoms with Gasteiger partial charge in [-0.25, -0.2) is 0 Å². The van der Waals surface area contributed by atoms with Gasteiger partial charge in [-0.3, -0.25) is 4.79 Å². The molecule has 1 heterocycles. The van der Waals surface area contributed by atoms with Crippen molar-refractivity contribution in [1.29, 1.82) is 5.26 Å². The van der Waals surface area contributed by atoms with Crippen LogP contribution in [-0.2, 0) is 4.74 Å². The maximum absolute atomic E-state index is 12.4. The van der Waals surface area contributed by atoms with Crippen LogP contribution < -0.4 is 5.32 Å². The predicted octanol–water partition coefficient (Wildman–Crippen LogP) is 2.70. The minimum absolute atomic E-state index is 0.0549. The summed E-state index contributed by atoms with van der Waals surface area (Å²) in [5.41, 5.74) is 1.07. The van der Waals surface area contributed by atoms with Gasteiger partial charge in [-0.15, -0.1) is 0 Å². The van der Waals surface area contributed by atoms with Gasteiger partial charge in [0, 0.05) is 17.1 Å². The number of ketones is 1. The molecule has 2 unspecified atom stereocenters. The standard InChI is InChI=1S/C15H15ClN2O2/c1-9-8-18-14(10(2)20-9)13(7-17)15(19)11-3-5-12(16)6-4-11/h3-6,9-10,18H,8H2,1-2H3/b14-13-. The zero-order chi connectivity index (χ0) is 14.7. The summed E-state index contributed by atoms with van der Waals surface area (Å²) in [4.78, 5) is 12.4. The van der Waals surface area contributed by atoms with Crippen LogP contribution in [0.15, 0.2) is 35.5 Å². The number of ether oxygens (including phenoxy) is 1. The Morgan fingerprint density at radius 1 is 1.40 bits per heavy atom. The Bertz CT molecular complexity index is 587. The fourth-order valence-electron chi connectivity index (χ4n) is 2.13. The number of benzene rings is 1. The van der Waals surface area contributed by atoms with Gasteiger partial charge in [-0.05, 0) is 38.1 Å². The smallest absolute Gasteiger partial charge is 0.205 e. The first kappa shape index (κ1) is 14.6. The third kappa shape index (κ3) is 3.01. The number of rotatable bonds is 2. The van der Waals surface area contributed by atoms with Crippen molar-refractivity contribution in [2.24, 2.45) is 0 Å². The highest BCUT2D eigenvalue weighted by Gasteiger charge is 2.26. The Labute approximate surface area is 123 Å². The van der Waals surface area contributed by atoms with E-state index in [2.05, 4.69) is 5.32 Å². The van der Waals surface area contributed by atoms with E-state index in [1.54, 1.807) is 24.3 Å². The molecule has 1 N–H and O–H groups in total. The molecule has 2 rings (SSSR count). The molecule has 5 heteroatoms. The number of Topliss-reactive ketones (excluding diaryl/α,β-unsaturated/α-hetero) is 1. The Morgan fingerprint density at radius 3 is 2.60 bits per heavy atom. The van der Waals surface area contributed by atoms with Gasteiger partial charge in [0.25, 0.3) is 0 Å². The molecule has 1 saturated heterocycles. The molecule has 1 fully saturated rings. The van der Waals surface area contributed by atoms with Crippen LogP contribution >= 0.6 is 11.6 Å². The monoisotopic (exact) mass is 290 g/mol. The molecule has 1 aromatic carbocycles. The highest BCUT2D eigenvalue weighted by molar-refractivity contribution is 6.30. The van der Waals surface area contributed by atoms with Crippen LogP contribution in [0, 0.1) is 11.3 Å². The van der Waals surface area contributed by atoms with E-state index in [-0.39, 0.29) is 23.6 Å². The second kappa shape index (κ2) is 6.08. The van der Waals surface area contributed by atoms with Crippen molar-refractivity contribution in [2.45, 2.75) is 26.1 Å². The number of carbonyl (C=O) groups excluding carboxylic acids is 1. The lowest BCUT2D eigenvalue weighted by atomic mass is 10.00. The van der Waals surface area contributed by atoms with E-state index in [4.69, 9.17) is 16.3 Å². The number of carbonyl (C=O) groups is 1. The van der Waals surface area contributed by atoms with Crippen molar-refractivity contribution in [3.63, 3.8) is 0 Å². The van der Waals surface area contributed by atoms with Crippen molar-refractivity contribution in [3.05, 3.63) is 46.1 Å². The molecular weight excluding hydrogens is 276 g/mol. The summed E-state index contributed by atoms with van der Waals surface area (Å²) < 4.78 is 5.64. The molecule has 0 bridgehead atoms. The van der Waals surface area contributed by atoms with Crippen molar-refractivity contribution in [3.8, 4) is 6.07 Å². The Kier molecular flexibility index (Phi) is 4.43. The molecule has 0 aliphatic carbocycles. The number of halogens is 1. The molecule has 2 atom stereocenters. The first-order chi connectivity index (χ1) is 9.52. The van der Waals surface area contributed by atoms with E-state index >= 15 is 0 Å². The van der Waals surface area contributed by atoms with Crippen molar-refractivity contribution in [1.82, 2.24) is 5.32 Å². The Balaban J connectivity index is 2.35. The molecule has 1 aliphatic rings. The normalized spacial score (nSPS) is 24.5. The van der Waals surface area contributed by atoms with Crippen LogP contribution in [0.1, 0.15) is 24.2 Å². The van der Waals surface area contributed by atoms with Gasteiger partial charge in [0.05, 0.1) is 17.9 Å². The van der Waals surface area contributed by atoms with Gasteiger partial charge < -0.3 is 10.1 Å². The highest BCUT2D eigenvalue weighted by atomic mass is 35.5. The Morgan fingerprint density at radius 2 is 2.05 bits per heavy atom. The van der Waals surface area contributed by atoms with Crippen LogP contribution in [0.3, 0.4) is 0 Å². The predicted molar refractivity (Wildman–Crippen MR) is 76.4 cm³/mol. The summed E-state index contributed by atoms with van der Waals surface area (Å²) in [6.07, 6.45) is -0.246. The largest absolute Gasteiger partial charge is 0.382 e. The third-order valence-corrected chi connectivity index (χ3v) is 3.39. The molecular formula is C15H15ClN2O2. The summed E-state index contributed by atoms with van der Waals surface area (Å²) in [5.74, 6) is -0.323. The number of nitriles is 1. The molecule has 20 heavy (non-hydrogen) atoms. The summed E-state index contributed by atoms with van der Waals surface area (Å²) in [7, 11) is 0. The van der Waals surface area contributed by atoms with E-state index in [0.29, 0.717) is 22.8 Å². The van der Waals surface area contributed by atoms with E-state index in [0.717, 1.165) is 0 Å². The highest BCUT2D eigenvalue weighted by Crippen LogP contribution is 2.20. The maximum atomic E-state index is 12.4. The Hall–Kier alpha value is -1.83. The van der Waals surface area contributed by atoms with E-state index in [9.17, 15) is 10.1 Å². The molecule has 1 aromatic rings. The van der Waals surface area contributed by atoms with Gasteiger partial charge in [0.2, 0.25) is 5.78 Å². The molecule has 0 radical (unpaired) electrons. The van der Waals surface area contributed by atoms with Crippen LogP contribution in [0.25, 0.3) is 0 Å². The summed E-state index contributed by atoms with van der Waals surface area (Å²) in [5, 5.41) is 13.0. The van der Waals surface area contributed by atoms with Gasteiger partial charge in [0.1, 0.15) is 11.6 Å². The average Bonchev–Trinajstić information content (AvgIpc) is 2.42. The lowest BCUT2D eigenvalue weighted by molar-refractivity contribution is 0.00413. The second-order valence-corrected chi connectivity index (χ2v) is 5.14. The molecule has 0 spiro atoms. The SMILES string of the molecule is CC1CN/C(=C(/C#N)C(=O)c2ccc(Cl)cc2)C(C)O1. The summed E-state index contributed by atoms with van der Waals surface area (Å²) >= 11 is 5.80. The zero-order valence-electron chi connectivity index (χ0n) is 11.3. The first-order valence-electron chi connectivity index (χ1n) is 6.36. The minimum Gasteiger partial charge on any atom is -0.382 e. The topological polar surface area (TPSA) is 62.1 Å². The van der Waals surface area contributed by atoms with Gasteiger partial charge in [-0.1, -0.05) is 11.6 Å². The van der Waals surface area contributed by atoms with Crippen LogP contribution in [-0.4, -0.2) is 24.5 Å². The number of morpholine rings is 1. The summed E-state index contributed by atoms with van der Waals surface area (Å²) in [6, 6.07) is 8.47. The fraction of sp³-hybridized carbons (Fsp3) is 0.333. The number of hydrogen-bond acceptors (Lipinski definition) is 4. The maximum Gasteiger partial charge on any atom is 0.205 e. The van der Waals surface area contributed by atoms with E-state index in [1.165, 1.54) is 0 Å². The molecule has 4 nitrogen and oxygen atoms in total. The van der Waals surface area contributed by atoms with E-state index < -0.39 is 0 Å². The fourth-order valence-corrected chi connectivity index (χ4v) is 2.26. The third-order valence-electron chi connectivity index (χ3n) is 3.14. The van der Waals surface area contributed by atoms with Gasteiger partial charge in [-0.2, -0.15) is 5.26 Å². The quantitative estimate of drug-likeness (QED) is 0.517. The van der Waals surface area contributed by atoms with Crippen molar-refractivity contribution < 1.29 is 9.53 Å². The summed E-state index contributed by atoms with van der Waals surface area (Å²) in [6.45, 7) is 4.34. The van der Waals surface area contributed by atoms with E-state index in [1.807, 2.05) is 19.9 Å². The minimum atomic E-state index is -0.323. The number of allylic oxidation sites excluding steroid dienone is 1. The number of nitrogens with zero attached hydrogens (tertiary/aromatic N) is 1. The lowest BCUT2D eigenvalue weighted by Crippen LogP contribution is -2.41. The van der Waals surface area contributed by atoms with Crippen LogP contribution in [0.5, 0.6) is 0 Å². The van der Waals surface area contributed by atoms with Gasteiger partial charge >= 0.3 is 0 Å². The molecule has 1 aliphatic heterocycles. The first-order valence-corrected chi connectivity index (χ1v) is 6.74. The zero-order valence-corrected chi connectivity index (χ0v) is 12.1. The number of nitrogens with one attached hydrogen (secondary N) is 1. The van der Waals surface area contributed by atoms with Crippen LogP contribution in [0.2, 0.25) is 5.02 Å². The molecule has 104 valence electrons. The lowest BCUT2D eigenvalue weighted by Gasteiger charge is -2.30. The van der Waals surface area contributed by atoms with Crippen molar-refractivity contribution >= 4 is 17.4 Å². The second-order valence-electron chi connectivity index (χ2n) is 4.71. The molecule has 0 amide bonds. The number of hydrogen-bond donors (Lipinski definition) is 1. The van der Waals surface area contributed by atoms with Gasteiger partial charge in [0.15, 0.2) is 0 Å². The van der Waals surface area contributed by atoms with Crippen LogP contribution in [0.4, 0.5) is 0 Å². The van der Waals surface area contributed by atoms with Crippen molar-refractivity contribution in [2.75, 3.05) is 6.54 Å². The average molecular weight is 291 g/mol. The molecule has 0 aromatic heterocycles.